The Labute approximate surface area is 185 Å². The number of carboxylic acid groups (broad SMARTS) is 1. The Bertz CT molecular complexity index is 810. The Morgan fingerprint density at radius 2 is 1.77 bits per heavy atom. The number of carboxylic acids is 1. The zero-order chi connectivity index (χ0) is 22.5. The molecule has 0 unspecified atom stereocenters. The summed E-state index contributed by atoms with van der Waals surface area (Å²) in [7, 11) is 0. The van der Waals surface area contributed by atoms with Gasteiger partial charge in [-0.05, 0) is 44.4 Å². The van der Waals surface area contributed by atoms with E-state index in [9.17, 15) is 14.7 Å². The number of rotatable bonds is 15. The second kappa shape index (κ2) is 13.6. The van der Waals surface area contributed by atoms with Crippen molar-refractivity contribution in [3.63, 3.8) is 0 Å². The molecule has 2 aromatic rings. The van der Waals surface area contributed by atoms with Gasteiger partial charge in [0.1, 0.15) is 17.9 Å². The van der Waals surface area contributed by atoms with E-state index in [1.807, 2.05) is 68.4 Å². The lowest BCUT2D eigenvalue weighted by Gasteiger charge is -2.20. The molecule has 2 aromatic carbocycles. The van der Waals surface area contributed by atoms with Crippen LogP contribution in [0.4, 0.5) is 0 Å². The predicted octanol–water partition coefficient (Wildman–Crippen LogP) is 3.70. The van der Waals surface area contributed by atoms with E-state index in [0.717, 1.165) is 42.7 Å². The fourth-order valence-electron chi connectivity index (χ4n) is 3.33. The number of Topliss-reactive ketones (excluding diaryl/α,β-unsaturated/α-hetero) is 1. The molecule has 0 amide bonds. The van der Waals surface area contributed by atoms with E-state index < -0.39 is 12.0 Å². The third-order valence-electron chi connectivity index (χ3n) is 5.01. The molecule has 6 heteroatoms. The summed E-state index contributed by atoms with van der Waals surface area (Å²) >= 11 is 0. The summed E-state index contributed by atoms with van der Waals surface area (Å²) in [5, 5.41) is 15.6. The number of nitrogens with one attached hydrogen (secondary N) is 2. The van der Waals surface area contributed by atoms with E-state index in [0.29, 0.717) is 19.5 Å². The molecule has 0 fully saturated rings. The molecule has 0 spiro atoms. The van der Waals surface area contributed by atoms with Crippen molar-refractivity contribution in [3.05, 3.63) is 65.7 Å². The Balaban J connectivity index is 1.75. The van der Waals surface area contributed by atoms with Crippen LogP contribution in [0.1, 0.15) is 49.0 Å². The van der Waals surface area contributed by atoms with Gasteiger partial charge in [-0.15, -0.1) is 0 Å². The minimum Gasteiger partial charge on any atom is -0.489 e. The summed E-state index contributed by atoms with van der Waals surface area (Å²) in [5.41, 5.74) is 1.83. The third-order valence-corrected chi connectivity index (χ3v) is 5.01. The van der Waals surface area contributed by atoms with Gasteiger partial charge < -0.3 is 20.5 Å². The molecule has 3 N–H and O–H groups in total. The second-order valence-electron chi connectivity index (χ2n) is 7.69. The van der Waals surface area contributed by atoms with Crippen LogP contribution in [0.3, 0.4) is 0 Å². The molecular weight excluding hydrogens is 392 g/mol. The fourth-order valence-corrected chi connectivity index (χ4v) is 3.33. The van der Waals surface area contributed by atoms with Gasteiger partial charge in [-0.2, -0.15) is 0 Å². The summed E-state index contributed by atoms with van der Waals surface area (Å²) in [4.78, 5) is 23.4. The average molecular weight is 427 g/mol. The van der Waals surface area contributed by atoms with Gasteiger partial charge in [0.25, 0.3) is 0 Å². The minimum atomic E-state index is -0.826. The van der Waals surface area contributed by atoms with Crippen LogP contribution in [0.2, 0.25) is 0 Å². The Morgan fingerprint density at radius 1 is 1.06 bits per heavy atom. The normalized spacial score (nSPS) is 12.8. The number of ketones is 1. The lowest BCUT2D eigenvalue weighted by molar-refractivity contribution is -0.139. The van der Waals surface area contributed by atoms with Crippen LogP contribution in [0.15, 0.2) is 54.6 Å². The molecule has 0 bridgehead atoms. The molecule has 2 atom stereocenters. The quantitative estimate of drug-likeness (QED) is 0.297. The SMILES string of the molecule is CCC[C@H](NC[C@@H](C)Oc1ccccc1CCCNCC(=O)c1ccccc1)C(=O)O. The molecule has 0 aliphatic rings. The van der Waals surface area contributed by atoms with Crippen molar-refractivity contribution in [2.45, 2.75) is 51.7 Å². The van der Waals surface area contributed by atoms with E-state index in [1.54, 1.807) is 0 Å². The first-order valence-corrected chi connectivity index (χ1v) is 11.0. The van der Waals surface area contributed by atoms with Crippen molar-refractivity contribution in [2.75, 3.05) is 19.6 Å². The molecule has 6 nitrogen and oxygen atoms in total. The van der Waals surface area contributed by atoms with E-state index in [1.165, 1.54) is 0 Å². The number of hydrogen-bond acceptors (Lipinski definition) is 5. The van der Waals surface area contributed by atoms with E-state index in [-0.39, 0.29) is 11.9 Å². The lowest BCUT2D eigenvalue weighted by atomic mass is 10.1. The number of aryl methyl sites for hydroxylation is 1. The molecule has 0 saturated heterocycles. The van der Waals surface area contributed by atoms with Crippen LogP contribution in [-0.2, 0) is 11.2 Å². The van der Waals surface area contributed by atoms with Gasteiger partial charge in [-0.1, -0.05) is 61.9 Å². The van der Waals surface area contributed by atoms with Crippen LogP contribution in [0.5, 0.6) is 5.75 Å². The summed E-state index contributed by atoms with van der Waals surface area (Å²) in [6.45, 7) is 5.44. The number of ether oxygens (including phenoxy) is 1. The molecule has 0 aliphatic heterocycles. The molecule has 168 valence electrons. The first-order valence-electron chi connectivity index (χ1n) is 11.0. The van der Waals surface area contributed by atoms with Gasteiger partial charge in [0.2, 0.25) is 0 Å². The fraction of sp³-hybridized carbons (Fsp3) is 0.440. The summed E-state index contributed by atoms with van der Waals surface area (Å²) in [6, 6.07) is 16.7. The molecule has 0 aromatic heterocycles. The molecule has 0 saturated carbocycles. The Kier molecular flexibility index (Phi) is 10.8. The summed E-state index contributed by atoms with van der Waals surface area (Å²) < 4.78 is 6.08. The van der Waals surface area contributed by atoms with Gasteiger partial charge in [0.15, 0.2) is 5.78 Å². The summed E-state index contributed by atoms with van der Waals surface area (Å²) in [5.74, 6) is 0.0839. The standard InChI is InChI=1S/C25H34N2O4/c1-3-10-22(25(29)30)27-17-19(2)31-24-15-8-7-13-21(24)14-9-16-26-18-23(28)20-11-5-4-6-12-20/h4-8,11-13,15,19,22,26-27H,3,9-10,14,16-18H2,1-2H3,(H,29,30)/t19-,22+/m1/s1. The van der Waals surface area contributed by atoms with Crippen molar-refractivity contribution in [1.29, 1.82) is 0 Å². The maximum Gasteiger partial charge on any atom is 0.320 e. The zero-order valence-corrected chi connectivity index (χ0v) is 18.5. The van der Waals surface area contributed by atoms with Gasteiger partial charge in [-0.25, -0.2) is 0 Å². The number of aliphatic carboxylic acids is 1. The van der Waals surface area contributed by atoms with Crippen LogP contribution < -0.4 is 15.4 Å². The van der Waals surface area contributed by atoms with E-state index >= 15 is 0 Å². The van der Waals surface area contributed by atoms with Crippen LogP contribution in [0, 0.1) is 0 Å². The topological polar surface area (TPSA) is 87.7 Å². The number of para-hydroxylation sites is 1. The van der Waals surface area contributed by atoms with E-state index in [2.05, 4.69) is 10.6 Å². The van der Waals surface area contributed by atoms with Crippen molar-refractivity contribution in [3.8, 4) is 5.75 Å². The largest absolute Gasteiger partial charge is 0.489 e. The first-order chi connectivity index (χ1) is 15.0. The van der Waals surface area contributed by atoms with Crippen LogP contribution >= 0.6 is 0 Å². The minimum absolute atomic E-state index is 0.0911. The molecule has 0 aliphatic carbocycles. The van der Waals surface area contributed by atoms with Crippen LogP contribution in [-0.4, -0.2) is 48.6 Å². The van der Waals surface area contributed by atoms with Gasteiger partial charge >= 0.3 is 5.97 Å². The maximum absolute atomic E-state index is 12.1. The number of carbonyl (C=O) groups is 2. The molecule has 0 radical (unpaired) electrons. The molecule has 2 rings (SSSR count). The first kappa shape index (κ1) is 24.6. The van der Waals surface area contributed by atoms with Gasteiger partial charge in [0.05, 0.1) is 6.54 Å². The number of benzene rings is 2. The van der Waals surface area contributed by atoms with Crippen molar-refractivity contribution in [1.82, 2.24) is 10.6 Å². The average Bonchev–Trinajstić information content (AvgIpc) is 2.77. The molecule has 31 heavy (non-hydrogen) atoms. The lowest BCUT2D eigenvalue weighted by Crippen LogP contribution is -2.41. The highest BCUT2D eigenvalue weighted by molar-refractivity contribution is 5.97. The van der Waals surface area contributed by atoms with Crippen LogP contribution in [0.25, 0.3) is 0 Å². The van der Waals surface area contributed by atoms with Gasteiger partial charge in [0, 0.05) is 12.1 Å². The highest BCUT2D eigenvalue weighted by atomic mass is 16.5. The monoisotopic (exact) mass is 426 g/mol. The smallest absolute Gasteiger partial charge is 0.320 e. The number of hydrogen-bond donors (Lipinski definition) is 3. The zero-order valence-electron chi connectivity index (χ0n) is 18.5. The Morgan fingerprint density at radius 3 is 2.48 bits per heavy atom. The second-order valence-corrected chi connectivity index (χ2v) is 7.69. The predicted molar refractivity (Wildman–Crippen MR) is 123 cm³/mol. The summed E-state index contributed by atoms with van der Waals surface area (Å²) in [6.07, 6.45) is 2.97. The third kappa shape index (κ3) is 8.90. The van der Waals surface area contributed by atoms with Crippen molar-refractivity contribution < 1.29 is 19.4 Å². The highest BCUT2D eigenvalue weighted by Crippen LogP contribution is 2.20. The molecule has 0 heterocycles. The van der Waals surface area contributed by atoms with Crippen molar-refractivity contribution >= 4 is 11.8 Å². The Hall–Kier alpha value is -2.70. The van der Waals surface area contributed by atoms with Gasteiger partial charge in [-0.3, -0.25) is 9.59 Å². The number of carbonyl (C=O) groups excluding carboxylic acids is 1. The van der Waals surface area contributed by atoms with Crippen molar-refractivity contribution in [2.24, 2.45) is 0 Å². The highest BCUT2D eigenvalue weighted by Gasteiger charge is 2.17. The maximum atomic E-state index is 12.1. The van der Waals surface area contributed by atoms with E-state index in [4.69, 9.17) is 4.74 Å². The molecular formula is C25H34N2O4.